The summed E-state index contributed by atoms with van der Waals surface area (Å²) < 4.78 is 37.1. The van der Waals surface area contributed by atoms with Gasteiger partial charge in [0.1, 0.15) is 4.90 Å². The van der Waals surface area contributed by atoms with Crippen molar-refractivity contribution >= 4 is 15.8 Å². The lowest BCUT2D eigenvalue weighted by Gasteiger charge is -2.18. The van der Waals surface area contributed by atoms with Crippen LogP contribution in [0.2, 0.25) is 0 Å². The Morgan fingerprint density at radius 3 is 2.41 bits per heavy atom. The van der Waals surface area contributed by atoms with Gasteiger partial charge in [0.05, 0.1) is 6.61 Å². The van der Waals surface area contributed by atoms with Gasteiger partial charge in [-0.05, 0) is 80.3 Å². The van der Waals surface area contributed by atoms with Gasteiger partial charge in [-0.1, -0.05) is 30.3 Å². The highest BCUT2D eigenvalue weighted by atomic mass is 32.2. The van der Waals surface area contributed by atoms with Crippen LogP contribution in [0.1, 0.15) is 29.2 Å². The lowest BCUT2D eigenvalue weighted by molar-refractivity contribution is 0.326. The molecule has 0 aliphatic heterocycles. The number of aryl methyl sites for hydroxylation is 2. The molecule has 0 spiro atoms. The monoisotopic (exact) mass is 451 g/mol. The summed E-state index contributed by atoms with van der Waals surface area (Å²) in [5.74, 6) is 0.591. The number of benzene rings is 3. The van der Waals surface area contributed by atoms with Crippen LogP contribution in [0.3, 0.4) is 0 Å². The van der Waals surface area contributed by atoms with E-state index < -0.39 is 10.1 Å². The Morgan fingerprint density at radius 1 is 1.00 bits per heavy atom. The minimum atomic E-state index is -4.00. The van der Waals surface area contributed by atoms with Crippen molar-refractivity contribution in [1.29, 1.82) is 0 Å². The predicted octanol–water partition coefficient (Wildman–Crippen LogP) is 5.81. The minimum Gasteiger partial charge on any atom is -0.490 e. The molecule has 0 unspecified atom stereocenters. The molecule has 0 aliphatic rings. The number of hydrogen-bond acceptors (Lipinski definition) is 5. The van der Waals surface area contributed by atoms with Crippen molar-refractivity contribution in [3.05, 3.63) is 95.6 Å². The highest BCUT2D eigenvalue weighted by Gasteiger charge is 2.22. The molecule has 0 atom stereocenters. The molecule has 3 aromatic carbocycles. The smallest absolute Gasteiger partial charge is 0.339 e. The van der Waals surface area contributed by atoms with E-state index in [0.29, 0.717) is 30.9 Å². The zero-order valence-corrected chi connectivity index (χ0v) is 19.5. The summed E-state index contributed by atoms with van der Waals surface area (Å²) in [5.41, 5.74) is 5.12. The van der Waals surface area contributed by atoms with Crippen molar-refractivity contribution in [2.45, 2.75) is 38.6 Å². The summed E-state index contributed by atoms with van der Waals surface area (Å²) >= 11 is 0. The number of anilines is 1. The maximum Gasteiger partial charge on any atom is 0.339 e. The van der Waals surface area contributed by atoms with E-state index in [1.165, 1.54) is 23.3 Å². The molecule has 3 aromatic rings. The topological polar surface area (TPSA) is 64.6 Å². The molecular formula is C26H29NO4S. The van der Waals surface area contributed by atoms with E-state index >= 15 is 0 Å². The Hall–Kier alpha value is -3.25. The van der Waals surface area contributed by atoms with Crippen LogP contribution in [0.5, 0.6) is 11.5 Å². The van der Waals surface area contributed by atoms with Crippen LogP contribution in [-0.4, -0.2) is 15.0 Å². The summed E-state index contributed by atoms with van der Waals surface area (Å²) in [6, 6.07) is 18.1. The number of rotatable bonds is 10. The molecule has 0 bridgehead atoms. The molecule has 0 fully saturated rings. The van der Waals surface area contributed by atoms with E-state index in [1.807, 2.05) is 25.1 Å². The molecule has 0 saturated carbocycles. The van der Waals surface area contributed by atoms with Gasteiger partial charge in [-0.3, -0.25) is 0 Å². The molecule has 3 rings (SSSR count). The molecule has 1 N–H and O–H groups in total. The van der Waals surface area contributed by atoms with E-state index in [2.05, 4.69) is 37.9 Å². The van der Waals surface area contributed by atoms with Gasteiger partial charge in [-0.15, -0.1) is 6.58 Å². The fourth-order valence-electron chi connectivity index (χ4n) is 3.29. The molecule has 32 heavy (non-hydrogen) atoms. The van der Waals surface area contributed by atoms with Crippen LogP contribution in [0.25, 0.3) is 0 Å². The standard InChI is InChI=1S/C26H29NO4S/c1-5-10-22-16-21(18-27-23-14-13-19(3)20(4)15-23)17-25(30-6-2)26(22)31-32(28,29)24-11-8-7-9-12-24/h5,7-9,11-17,27H,1,6,10,18H2,2-4H3. The Labute approximate surface area is 190 Å². The van der Waals surface area contributed by atoms with Crippen LogP contribution in [0.4, 0.5) is 5.69 Å². The van der Waals surface area contributed by atoms with Crippen LogP contribution in [-0.2, 0) is 23.1 Å². The molecule has 168 valence electrons. The largest absolute Gasteiger partial charge is 0.490 e. The number of nitrogens with one attached hydrogen (secondary N) is 1. The second-order valence-electron chi connectivity index (χ2n) is 7.51. The summed E-state index contributed by atoms with van der Waals surface area (Å²) in [4.78, 5) is 0.0903. The van der Waals surface area contributed by atoms with Gasteiger partial charge in [0, 0.05) is 17.8 Å². The van der Waals surface area contributed by atoms with Crippen LogP contribution in [0, 0.1) is 13.8 Å². The molecule has 0 radical (unpaired) electrons. The minimum absolute atomic E-state index is 0.0903. The molecule has 0 amide bonds. The van der Waals surface area contributed by atoms with Crippen molar-refractivity contribution in [2.24, 2.45) is 0 Å². The summed E-state index contributed by atoms with van der Waals surface area (Å²) in [6.45, 7) is 10.7. The van der Waals surface area contributed by atoms with Crippen molar-refractivity contribution in [3.63, 3.8) is 0 Å². The number of allylic oxidation sites excluding steroid dienone is 1. The Balaban J connectivity index is 1.94. The quantitative estimate of drug-likeness (QED) is 0.311. The highest BCUT2D eigenvalue weighted by Crippen LogP contribution is 2.36. The van der Waals surface area contributed by atoms with E-state index in [0.717, 1.165) is 11.3 Å². The fourth-order valence-corrected chi connectivity index (χ4v) is 4.29. The van der Waals surface area contributed by atoms with Gasteiger partial charge >= 0.3 is 10.1 Å². The Morgan fingerprint density at radius 2 is 1.75 bits per heavy atom. The van der Waals surface area contributed by atoms with E-state index in [1.54, 1.807) is 24.3 Å². The molecule has 6 heteroatoms. The molecule has 0 aliphatic carbocycles. The van der Waals surface area contributed by atoms with Crippen molar-refractivity contribution in [1.82, 2.24) is 0 Å². The average molecular weight is 452 g/mol. The van der Waals surface area contributed by atoms with E-state index in [4.69, 9.17) is 8.92 Å². The maximum atomic E-state index is 12.9. The summed E-state index contributed by atoms with van der Waals surface area (Å²) in [6.07, 6.45) is 2.16. The van der Waals surface area contributed by atoms with Crippen LogP contribution >= 0.6 is 0 Å². The van der Waals surface area contributed by atoms with Gasteiger partial charge in [-0.25, -0.2) is 0 Å². The first-order chi connectivity index (χ1) is 15.3. The second kappa shape index (κ2) is 10.4. The summed E-state index contributed by atoms with van der Waals surface area (Å²) in [5, 5.41) is 3.42. The predicted molar refractivity (Wildman–Crippen MR) is 129 cm³/mol. The van der Waals surface area contributed by atoms with Gasteiger partial charge in [0.15, 0.2) is 11.5 Å². The number of hydrogen-bond donors (Lipinski definition) is 1. The molecule has 5 nitrogen and oxygen atoms in total. The zero-order chi connectivity index (χ0) is 23.1. The third-order valence-corrected chi connectivity index (χ3v) is 6.32. The van der Waals surface area contributed by atoms with Crippen molar-refractivity contribution < 1.29 is 17.3 Å². The van der Waals surface area contributed by atoms with Gasteiger partial charge in [-0.2, -0.15) is 8.42 Å². The average Bonchev–Trinajstić information content (AvgIpc) is 2.77. The van der Waals surface area contributed by atoms with E-state index in [-0.39, 0.29) is 10.6 Å². The van der Waals surface area contributed by atoms with Crippen LogP contribution in [0.15, 0.2) is 78.2 Å². The Bertz CT molecular complexity index is 1190. The fraction of sp³-hybridized carbons (Fsp3) is 0.231. The first kappa shape index (κ1) is 23.4. The third-order valence-electron chi connectivity index (χ3n) is 5.08. The van der Waals surface area contributed by atoms with Crippen LogP contribution < -0.4 is 14.2 Å². The normalized spacial score (nSPS) is 11.1. The Kier molecular flexibility index (Phi) is 7.59. The van der Waals surface area contributed by atoms with Crippen molar-refractivity contribution in [2.75, 3.05) is 11.9 Å². The first-order valence-electron chi connectivity index (χ1n) is 10.5. The van der Waals surface area contributed by atoms with Crippen molar-refractivity contribution in [3.8, 4) is 11.5 Å². The van der Waals surface area contributed by atoms with Gasteiger partial charge < -0.3 is 14.2 Å². The second-order valence-corrected chi connectivity index (χ2v) is 9.06. The molecule has 0 aromatic heterocycles. The number of ether oxygens (including phenoxy) is 1. The van der Waals surface area contributed by atoms with Gasteiger partial charge in [0.25, 0.3) is 0 Å². The molecular weight excluding hydrogens is 422 g/mol. The van der Waals surface area contributed by atoms with Gasteiger partial charge in [0.2, 0.25) is 0 Å². The lowest BCUT2D eigenvalue weighted by atomic mass is 10.1. The summed E-state index contributed by atoms with van der Waals surface area (Å²) in [7, 11) is -4.00. The third kappa shape index (κ3) is 5.71. The molecule has 0 saturated heterocycles. The zero-order valence-electron chi connectivity index (χ0n) is 18.7. The lowest BCUT2D eigenvalue weighted by Crippen LogP contribution is -2.13. The van der Waals surface area contributed by atoms with E-state index in [9.17, 15) is 8.42 Å². The maximum absolute atomic E-state index is 12.9. The molecule has 0 heterocycles. The first-order valence-corrected chi connectivity index (χ1v) is 11.9. The highest BCUT2D eigenvalue weighted by molar-refractivity contribution is 7.87. The SMILES string of the molecule is C=CCc1cc(CNc2ccc(C)c(C)c2)cc(OCC)c1OS(=O)(=O)c1ccccc1.